The number of nitrogens with zero attached hydrogens (tertiary/aromatic N) is 4. The van der Waals surface area contributed by atoms with E-state index < -0.39 is 44.4 Å². The maximum Gasteiger partial charge on any atom is 0.319 e. The summed E-state index contributed by atoms with van der Waals surface area (Å²) in [4.78, 5) is 14.0. The van der Waals surface area contributed by atoms with E-state index >= 15 is 0 Å². The monoisotopic (exact) mass is 492 g/mol. The second-order valence-corrected chi connectivity index (χ2v) is 10.7. The zero-order valence-electron chi connectivity index (χ0n) is 17.0. The lowest BCUT2D eigenvalue weighted by Crippen LogP contribution is -2.49. The third-order valence-electron chi connectivity index (χ3n) is 6.33. The molecule has 174 valence electrons. The van der Waals surface area contributed by atoms with Gasteiger partial charge in [0.2, 0.25) is 0 Å². The molecule has 1 saturated heterocycles. The van der Waals surface area contributed by atoms with Crippen molar-refractivity contribution in [2.45, 2.75) is 37.2 Å². The highest BCUT2D eigenvalue weighted by molar-refractivity contribution is 7.86. The SMILES string of the molecule is CS(=O)(=O)OC1(COc2nc(N3C[C@H]4CC[C@@H](C3)C4(F)F)c3cnc(Cl)c(F)c3n2)CC1. The molecule has 3 fully saturated rings. The van der Waals surface area contributed by atoms with E-state index in [1.54, 1.807) is 4.90 Å². The third-order valence-corrected chi connectivity index (χ3v) is 7.25. The van der Waals surface area contributed by atoms with Crippen molar-refractivity contribution in [3.8, 4) is 6.01 Å². The largest absolute Gasteiger partial charge is 0.460 e. The molecule has 1 aliphatic heterocycles. The van der Waals surface area contributed by atoms with Gasteiger partial charge in [0.25, 0.3) is 16.0 Å². The number of pyridine rings is 1. The van der Waals surface area contributed by atoms with Crippen LogP contribution >= 0.6 is 11.6 Å². The van der Waals surface area contributed by atoms with Crippen molar-refractivity contribution in [1.82, 2.24) is 15.0 Å². The van der Waals surface area contributed by atoms with E-state index in [2.05, 4.69) is 15.0 Å². The average molecular weight is 493 g/mol. The van der Waals surface area contributed by atoms with Crippen molar-refractivity contribution in [3.05, 3.63) is 17.2 Å². The summed E-state index contributed by atoms with van der Waals surface area (Å²) in [5, 5.41) is -0.158. The van der Waals surface area contributed by atoms with Crippen LogP contribution in [-0.2, 0) is 14.3 Å². The number of hydrogen-bond donors (Lipinski definition) is 0. The van der Waals surface area contributed by atoms with Crippen molar-refractivity contribution in [2.24, 2.45) is 11.8 Å². The Morgan fingerprint density at radius 2 is 1.88 bits per heavy atom. The Morgan fingerprint density at radius 3 is 2.47 bits per heavy atom. The van der Waals surface area contributed by atoms with Gasteiger partial charge in [0.05, 0.1) is 11.6 Å². The number of aromatic nitrogens is 3. The number of rotatable bonds is 6. The Bertz CT molecular complexity index is 1180. The first kappa shape index (κ1) is 21.9. The van der Waals surface area contributed by atoms with Crippen molar-refractivity contribution in [2.75, 3.05) is 30.9 Å². The fourth-order valence-corrected chi connectivity index (χ4v) is 5.53. The van der Waals surface area contributed by atoms with Gasteiger partial charge >= 0.3 is 6.01 Å². The zero-order chi connectivity index (χ0) is 22.9. The number of fused-ring (bicyclic) bond motifs is 3. The van der Waals surface area contributed by atoms with Crippen molar-refractivity contribution in [3.63, 3.8) is 0 Å². The summed E-state index contributed by atoms with van der Waals surface area (Å²) in [5.41, 5.74) is -1.16. The van der Waals surface area contributed by atoms with E-state index in [4.69, 9.17) is 20.5 Å². The fraction of sp³-hybridized carbons (Fsp3) is 0.632. The highest BCUT2D eigenvalue weighted by Gasteiger charge is 2.56. The molecule has 5 rings (SSSR count). The van der Waals surface area contributed by atoms with Crippen LogP contribution in [0.2, 0.25) is 5.15 Å². The van der Waals surface area contributed by atoms with Gasteiger partial charge in [-0.3, -0.25) is 4.18 Å². The molecular weight excluding hydrogens is 473 g/mol. The van der Waals surface area contributed by atoms with Crippen LogP contribution in [0.1, 0.15) is 25.7 Å². The van der Waals surface area contributed by atoms with Crippen LogP contribution in [0.3, 0.4) is 0 Å². The van der Waals surface area contributed by atoms with Crippen LogP contribution in [0.5, 0.6) is 6.01 Å². The third kappa shape index (κ3) is 3.86. The van der Waals surface area contributed by atoms with Gasteiger partial charge in [0.1, 0.15) is 23.5 Å². The highest BCUT2D eigenvalue weighted by Crippen LogP contribution is 2.50. The van der Waals surface area contributed by atoms with Crippen LogP contribution < -0.4 is 9.64 Å². The van der Waals surface area contributed by atoms with Crippen molar-refractivity contribution >= 4 is 38.4 Å². The lowest BCUT2D eigenvalue weighted by molar-refractivity contribution is -0.0830. The normalized spacial score (nSPS) is 25.8. The molecule has 2 aliphatic carbocycles. The Hall–Kier alpha value is -1.92. The Labute approximate surface area is 187 Å². The van der Waals surface area contributed by atoms with Crippen LogP contribution in [-0.4, -0.2) is 60.8 Å². The number of hydrogen-bond acceptors (Lipinski definition) is 8. The molecule has 2 atom stereocenters. The minimum atomic E-state index is -3.70. The average Bonchev–Trinajstić information content (AvgIpc) is 3.45. The molecule has 0 N–H and O–H groups in total. The summed E-state index contributed by atoms with van der Waals surface area (Å²) in [6, 6.07) is -0.221. The lowest BCUT2D eigenvalue weighted by Gasteiger charge is -2.38. The predicted octanol–water partition coefficient (Wildman–Crippen LogP) is 3.19. The van der Waals surface area contributed by atoms with E-state index in [0.29, 0.717) is 25.7 Å². The van der Waals surface area contributed by atoms with Crippen LogP contribution in [0.15, 0.2) is 6.20 Å². The topological polar surface area (TPSA) is 94.5 Å². The molecule has 2 aromatic rings. The standard InChI is InChI=1S/C19H20ClF3N4O4S/c1-32(28,29)31-18(4-5-18)9-30-17-25-14-12(6-24-15(20)13(14)21)16(26-17)27-7-10-2-3-11(8-27)19(10,22)23/h6,10-11H,2-5,7-9H2,1H3/t10-,11+. The van der Waals surface area contributed by atoms with Gasteiger partial charge in [0, 0.05) is 31.1 Å². The molecular formula is C19H20ClF3N4O4S. The molecule has 13 heteroatoms. The summed E-state index contributed by atoms with van der Waals surface area (Å²) in [6.07, 6.45) is 4.01. The molecule has 0 aromatic carbocycles. The minimum absolute atomic E-state index is 0.0560. The fourth-order valence-electron chi connectivity index (χ4n) is 4.54. The van der Waals surface area contributed by atoms with E-state index in [0.717, 1.165) is 6.26 Å². The maximum atomic E-state index is 14.7. The van der Waals surface area contributed by atoms with Gasteiger partial charge in [0.15, 0.2) is 11.0 Å². The summed E-state index contributed by atoms with van der Waals surface area (Å²) in [7, 11) is -3.70. The molecule has 0 spiro atoms. The number of piperidine rings is 1. The maximum absolute atomic E-state index is 14.7. The van der Waals surface area contributed by atoms with Gasteiger partial charge < -0.3 is 9.64 Å². The predicted molar refractivity (Wildman–Crippen MR) is 109 cm³/mol. The number of halogens is 4. The van der Waals surface area contributed by atoms with Crippen LogP contribution in [0.25, 0.3) is 10.9 Å². The van der Waals surface area contributed by atoms with Gasteiger partial charge in [-0.2, -0.15) is 18.4 Å². The molecule has 8 nitrogen and oxygen atoms in total. The second-order valence-electron chi connectivity index (χ2n) is 8.76. The quantitative estimate of drug-likeness (QED) is 0.448. The first-order chi connectivity index (χ1) is 15.0. The van der Waals surface area contributed by atoms with Gasteiger partial charge in [-0.1, -0.05) is 11.6 Å². The van der Waals surface area contributed by atoms with Gasteiger partial charge in [-0.15, -0.1) is 0 Å². The second kappa shape index (κ2) is 7.29. The summed E-state index contributed by atoms with van der Waals surface area (Å²) in [5.74, 6) is -5.03. The van der Waals surface area contributed by atoms with E-state index in [9.17, 15) is 21.6 Å². The number of ether oxygens (including phenoxy) is 1. The molecule has 0 radical (unpaired) electrons. The summed E-state index contributed by atoms with van der Waals surface area (Å²) < 4.78 is 77.2. The van der Waals surface area contributed by atoms with E-state index in [-0.39, 0.29) is 42.4 Å². The molecule has 3 aliphatic rings. The first-order valence-electron chi connectivity index (χ1n) is 10.2. The number of anilines is 1. The molecule has 32 heavy (non-hydrogen) atoms. The molecule has 0 amide bonds. The molecule has 2 bridgehead atoms. The molecule has 2 aromatic heterocycles. The Balaban J connectivity index is 1.49. The minimum Gasteiger partial charge on any atom is -0.460 e. The number of alkyl halides is 2. The van der Waals surface area contributed by atoms with Crippen LogP contribution in [0, 0.1) is 17.7 Å². The Kier molecular flexibility index (Phi) is 4.99. The molecule has 0 unspecified atom stereocenters. The Morgan fingerprint density at radius 1 is 1.22 bits per heavy atom. The molecule has 3 heterocycles. The van der Waals surface area contributed by atoms with Crippen molar-refractivity contribution < 1.29 is 30.5 Å². The first-order valence-corrected chi connectivity index (χ1v) is 12.3. The van der Waals surface area contributed by atoms with Gasteiger partial charge in [-0.25, -0.2) is 18.2 Å². The highest BCUT2D eigenvalue weighted by atomic mass is 35.5. The molecule has 2 saturated carbocycles. The smallest absolute Gasteiger partial charge is 0.319 e. The van der Waals surface area contributed by atoms with Gasteiger partial charge in [-0.05, 0) is 25.7 Å². The van der Waals surface area contributed by atoms with Crippen molar-refractivity contribution in [1.29, 1.82) is 0 Å². The zero-order valence-corrected chi connectivity index (χ0v) is 18.6. The van der Waals surface area contributed by atoms with E-state index in [1.807, 2.05) is 0 Å². The summed E-state index contributed by atoms with van der Waals surface area (Å²) in [6.45, 7) is -0.0460. The van der Waals surface area contributed by atoms with Crippen LogP contribution in [0.4, 0.5) is 19.0 Å². The summed E-state index contributed by atoms with van der Waals surface area (Å²) >= 11 is 5.82. The lowest BCUT2D eigenvalue weighted by atomic mass is 9.93. The van der Waals surface area contributed by atoms with E-state index in [1.165, 1.54) is 6.20 Å².